The van der Waals surface area contributed by atoms with Gasteiger partial charge in [-0.25, -0.2) is 24.3 Å². The van der Waals surface area contributed by atoms with Gasteiger partial charge in [0.05, 0.1) is 12.1 Å². The molecule has 0 amide bonds. The van der Waals surface area contributed by atoms with Crippen molar-refractivity contribution in [2.75, 3.05) is 47.9 Å². The summed E-state index contributed by atoms with van der Waals surface area (Å²) >= 11 is 0. The molecule has 0 aliphatic carbocycles. The van der Waals surface area contributed by atoms with E-state index in [0.29, 0.717) is 49.6 Å². The number of hydrogen-bond donors (Lipinski definition) is 4. The first-order valence-electron chi connectivity index (χ1n) is 12.6. The summed E-state index contributed by atoms with van der Waals surface area (Å²) in [5.41, 5.74) is 8.58. The van der Waals surface area contributed by atoms with Gasteiger partial charge in [0.1, 0.15) is 18.2 Å². The molecule has 2 aromatic heterocycles. The van der Waals surface area contributed by atoms with Gasteiger partial charge >= 0.3 is 0 Å². The molecule has 1 aliphatic rings. The van der Waals surface area contributed by atoms with Gasteiger partial charge in [-0.1, -0.05) is 24.3 Å². The van der Waals surface area contributed by atoms with Crippen LogP contribution in [-0.2, 0) is 5.54 Å². The van der Waals surface area contributed by atoms with Gasteiger partial charge in [-0.05, 0) is 42.3 Å². The molecule has 1 fully saturated rings. The van der Waals surface area contributed by atoms with Crippen LogP contribution >= 0.6 is 0 Å². The Morgan fingerprint density at radius 2 is 1.51 bits per heavy atom. The summed E-state index contributed by atoms with van der Waals surface area (Å²) in [6.45, 7) is 4.23. The first kappa shape index (κ1) is 26.4. The lowest BCUT2D eigenvalue weighted by molar-refractivity contribution is 0.0956. The molecule has 0 bridgehead atoms. The summed E-state index contributed by atoms with van der Waals surface area (Å²) in [5.74, 6) is 1.27. The maximum Gasteiger partial charge on any atom is 0.231 e. The number of anilines is 4. The first-order chi connectivity index (χ1) is 18.8. The predicted octanol–water partition coefficient (Wildman–Crippen LogP) is 2.12. The molecule has 5 rings (SSSR count). The molecule has 39 heavy (non-hydrogen) atoms. The highest BCUT2D eigenvalue weighted by Crippen LogP contribution is 2.27. The molecule has 0 radical (unpaired) electrons. The van der Waals surface area contributed by atoms with Crippen molar-refractivity contribution in [1.29, 1.82) is 0 Å². The van der Waals surface area contributed by atoms with E-state index in [0.717, 1.165) is 16.8 Å². The van der Waals surface area contributed by atoms with Crippen LogP contribution in [0.4, 0.5) is 27.9 Å². The molecule has 2 atom stereocenters. The zero-order valence-corrected chi connectivity index (χ0v) is 21.4. The van der Waals surface area contributed by atoms with E-state index < -0.39 is 11.6 Å². The highest BCUT2D eigenvalue weighted by molar-refractivity contribution is 5.55. The van der Waals surface area contributed by atoms with Gasteiger partial charge in [-0.2, -0.15) is 4.98 Å². The second-order valence-electron chi connectivity index (χ2n) is 9.51. The van der Waals surface area contributed by atoms with E-state index in [-0.39, 0.29) is 12.4 Å². The third-order valence-corrected chi connectivity index (χ3v) is 6.81. The van der Waals surface area contributed by atoms with Crippen LogP contribution in [0.15, 0.2) is 67.3 Å². The van der Waals surface area contributed by atoms with Crippen LogP contribution in [0.1, 0.15) is 29.7 Å². The molecule has 0 saturated carbocycles. The van der Waals surface area contributed by atoms with Crippen LogP contribution < -0.4 is 20.9 Å². The van der Waals surface area contributed by atoms with E-state index in [9.17, 15) is 9.50 Å². The summed E-state index contributed by atoms with van der Waals surface area (Å²) < 4.78 is 13.3. The Bertz CT molecular complexity index is 1380. The number of halogens is 1. The van der Waals surface area contributed by atoms with Crippen molar-refractivity contribution in [1.82, 2.24) is 24.9 Å². The molecule has 1 aliphatic heterocycles. The van der Waals surface area contributed by atoms with E-state index in [1.807, 2.05) is 6.92 Å². The van der Waals surface area contributed by atoms with E-state index in [2.05, 4.69) is 40.0 Å². The van der Waals surface area contributed by atoms with Crippen LogP contribution in [0.2, 0.25) is 0 Å². The highest BCUT2D eigenvalue weighted by atomic mass is 19.1. The molecule has 4 aromatic rings. The smallest absolute Gasteiger partial charge is 0.231 e. The minimum atomic E-state index is -0.910. The molecule has 5 N–H and O–H groups in total. The van der Waals surface area contributed by atoms with E-state index in [1.165, 1.54) is 18.5 Å². The second-order valence-corrected chi connectivity index (χ2v) is 9.51. The number of aliphatic hydroxyl groups is 2. The van der Waals surface area contributed by atoms with Crippen molar-refractivity contribution < 1.29 is 14.6 Å². The highest BCUT2D eigenvalue weighted by Gasteiger charge is 2.26. The Kier molecular flexibility index (Phi) is 7.59. The largest absolute Gasteiger partial charge is 0.393 e. The predicted molar refractivity (Wildman–Crippen MR) is 145 cm³/mol. The van der Waals surface area contributed by atoms with Gasteiger partial charge < -0.3 is 31.1 Å². The van der Waals surface area contributed by atoms with Crippen molar-refractivity contribution in [2.24, 2.45) is 5.73 Å². The Balaban J connectivity index is 1.19. The Morgan fingerprint density at radius 3 is 2.13 bits per heavy atom. The van der Waals surface area contributed by atoms with Crippen LogP contribution in [-0.4, -0.2) is 67.9 Å². The van der Waals surface area contributed by atoms with E-state index in [4.69, 9.17) is 10.8 Å². The molecule has 0 spiro atoms. The summed E-state index contributed by atoms with van der Waals surface area (Å²) in [6.07, 6.45) is 4.00. The third kappa shape index (κ3) is 5.93. The fourth-order valence-electron chi connectivity index (χ4n) is 4.35. The van der Waals surface area contributed by atoms with Crippen molar-refractivity contribution in [3.8, 4) is 0 Å². The minimum Gasteiger partial charge on any atom is -0.393 e. The average molecular weight is 532 g/mol. The zero-order chi connectivity index (χ0) is 27.4. The maximum absolute atomic E-state index is 13.3. The lowest BCUT2D eigenvalue weighted by Crippen LogP contribution is -2.47. The SMILES string of the molecule is CC(N)(c1ccc(F)cc1)c1cnc(N2CCN(c3ncnc(Nc4ccc(C(O)CO)cc4)n3)CC2)nc1. The minimum absolute atomic E-state index is 0.309. The number of piperazine rings is 1. The van der Waals surface area contributed by atoms with Crippen LogP contribution in [0, 0.1) is 5.82 Å². The molecule has 3 heterocycles. The van der Waals surface area contributed by atoms with Crippen LogP contribution in [0.25, 0.3) is 0 Å². The number of aliphatic hydroxyl groups excluding tert-OH is 2. The monoisotopic (exact) mass is 531 g/mol. The summed E-state index contributed by atoms with van der Waals surface area (Å²) in [4.78, 5) is 26.4. The van der Waals surface area contributed by atoms with Gasteiger partial charge in [-0.15, -0.1) is 0 Å². The summed E-state index contributed by atoms with van der Waals surface area (Å²) in [5, 5.41) is 22.0. The van der Waals surface area contributed by atoms with Crippen molar-refractivity contribution >= 4 is 23.5 Å². The molecule has 12 heteroatoms. The molecule has 2 aromatic carbocycles. The van der Waals surface area contributed by atoms with Crippen molar-refractivity contribution in [3.63, 3.8) is 0 Å². The van der Waals surface area contributed by atoms with Crippen LogP contribution in [0.5, 0.6) is 0 Å². The number of benzene rings is 2. The lowest BCUT2D eigenvalue weighted by atomic mass is 9.87. The first-order valence-corrected chi connectivity index (χ1v) is 12.6. The molecular weight excluding hydrogens is 501 g/mol. The molecule has 11 nitrogen and oxygen atoms in total. The summed E-state index contributed by atoms with van der Waals surface area (Å²) in [6, 6.07) is 13.2. The quantitative estimate of drug-likeness (QED) is 0.265. The van der Waals surface area contributed by atoms with Gasteiger partial charge in [0, 0.05) is 49.8 Å². The molecular formula is C27H30FN9O2. The third-order valence-electron chi connectivity index (χ3n) is 6.81. The second kappa shape index (κ2) is 11.2. The van der Waals surface area contributed by atoms with Crippen molar-refractivity contribution in [2.45, 2.75) is 18.6 Å². The van der Waals surface area contributed by atoms with Gasteiger partial charge in [0.15, 0.2) is 0 Å². The Morgan fingerprint density at radius 1 is 0.897 bits per heavy atom. The number of aromatic nitrogens is 5. The standard InChI is InChI=1S/C27H30FN9O2/c1-27(29,19-4-6-21(28)7-5-19)20-14-30-25(31-15-20)36-10-12-37(13-11-36)26-33-17-32-24(35-26)34-22-8-2-18(3-9-22)23(39)16-38/h2-9,14-15,17,23,38-39H,10-13,16,29H2,1H3,(H,32,33,34,35). The van der Waals surface area contributed by atoms with Crippen LogP contribution in [0.3, 0.4) is 0 Å². The average Bonchev–Trinajstić information content (AvgIpc) is 2.98. The molecule has 2 unspecified atom stereocenters. The number of hydrogen-bond acceptors (Lipinski definition) is 11. The fourth-order valence-corrected chi connectivity index (χ4v) is 4.35. The topological polar surface area (TPSA) is 149 Å². The number of nitrogens with two attached hydrogens (primary N) is 1. The normalized spacial score (nSPS) is 16.0. The van der Waals surface area contributed by atoms with Gasteiger partial charge in [0.25, 0.3) is 0 Å². The Hall–Kier alpha value is -4.26. The molecule has 202 valence electrons. The molecule has 1 saturated heterocycles. The van der Waals surface area contributed by atoms with E-state index in [1.54, 1.807) is 48.8 Å². The van der Waals surface area contributed by atoms with Gasteiger partial charge in [0.2, 0.25) is 17.8 Å². The Labute approximate surface area is 225 Å². The summed E-state index contributed by atoms with van der Waals surface area (Å²) in [7, 11) is 0. The lowest BCUT2D eigenvalue weighted by Gasteiger charge is -2.35. The number of nitrogens with one attached hydrogen (secondary N) is 1. The van der Waals surface area contributed by atoms with E-state index >= 15 is 0 Å². The van der Waals surface area contributed by atoms with Crippen molar-refractivity contribution in [3.05, 3.63) is 89.8 Å². The number of nitrogens with zero attached hydrogens (tertiary/aromatic N) is 7. The fraction of sp³-hybridized carbons (Fsp3) is 0.296. The zero-order valence-electron chi connectivity index (χ0n) is 21.4. The number of rotatable bonds is 8. The van der Waals surface area contributed by atoms with Gasteiger partial charge in [-0.3, -0.25) is 0 Å². The maximum atomic E-state index is 13.3.